The lowest BCUT2D eigenvalue weighted by molar-refractivity contribution is -0.134. The molecular weight excluding hydrogens is 332 g/mol. The van der Waals surface area contributed by atoms with Crippen LogP contribution in [-0.2, 0) is 4.79 Å². The molecule has 0 heterocycles. The van der Waals surface area contributed by atoms with Crippen molar-refractivity contribution < 1.29 is 9.90 Å². The van der Waals surface area contributed by atoms with E-state index >= 15 is 0 Å². The van der Waals surface area contributed by atoms with Crippen LogP contribution in [0, 0.1) is 33.5 Å². The number of aliphatic hydroxyl groups is 1. The van der Waals surface area contributed by atoms with Gasteiger partial charge in [0.1, 0.15) is 11.5 Å². The van der Waals surface area contributed by atoms with Crippen LogP contribution < -0.4 is 0 Å². The third-order valence-electron chi connectivity index (χ3n) is 7.36. The lowest BCUT2D eigenvalue weighted by Gasteiger charge is -2.45. The van der Waals surface area contributed by atoms with Crippen LogP contribution in [0.3, 0.4) is 0 Å². The molecule has 0 amide bonds. The van der Waals surface area contributed by atoms with Gasteiger partial charge in [-0.25, -0.2) is 0 Å². The number of hydrogen-bond donors (Lipinski definition) is 1. The molecule has 0 radical (unpaired) electrons. The maximum absolute atomic E-state index is 14.0. The summed E-state index contributed by atoms with van der Waals surface area (Å²) in [6.07, 6.45) is 1.90. The van der Waals surface area contributed by atoms with Crippen molar-refractivity contribution in [2.45, 2.75) is 68.2 Å². The molecular formula is C25H36O2. The van der Waals surface area contributed by atoms with Crippen LogP contribution in [0.4, 0.5) is 0 Å². The SMILES string of the molecule is CC(C)(C)/C(=C(/O)c1ccccc1)C12CCC(C(C(C)(C)C)C1=O)C2(C)C. The second kappa shape index (κ2) is 5.96. The van der Waals surface area contributed by atoms with E-state index in [1.54, 1.807) is 0 Å². The Morgan fingerprint density at radius 1 is 1.04 bits per heavy atom. The lowest BCUT2D eigenvalue weighted by atomic mass is 9.57. The number of ketones is 1. The minimum absolute atomic E-state index is 0.0437. The van der Waals surface area contributed by atoms with Gasteiger partial charge in [0.15, 0.2) is 0 Å². The number of rotatable bonds is 2. The summed E-state index contributed by atoms with van der Waals surface area (Å²) in [6.45, 7) is 17.5. The van der Waals surface area contributed by atoms with E-state index in [2.05, 4.69) is 55.4 Å². The topological polar surface area (TPSA) is 37.3 Å². The van der Waals surface area contributed by atoms with E-state index in [0.717, 1.165) is 24.0 Å². The molecule has 3 atom stereocenters. The van der Waals surface area contributed by atoms with Crippen molar-refractivity contribution >= 4 is 11.5 Å². The predicted molar refractivity (Wildman–Crippen MR) is 112 cm³/mol. The highest BCUT2D eigenvalue weighted by atomic mass is 16.3. The van der Waals surface area contributed by atoms with Crippen LogP contribution in [-0.4, -0.2) is 10.9 Å². The van der Waals surface area contributed by atoms with Gasteiger partial charge in [0.25, 0.3) is 0 Å². The molecule has 2 aliphatic carbocycles. The zero-order valence-electron chi connectivity index (χ0n) is 18.3. The van der Waals surface area contributed by atoms with Crippen LogP contribution in [0.25, 0.3) is 5.76 Å². The Morgan fingerprint density at radius 2 is 1.59 bits per heavy atom. The van der Waals surface area contributed by atoms with Crippen LogP contribution >= 0.6 is 0 Å². The van der Waals surface area contributed by atoms with Crippen molar-refractivity contribution in [3.05, 3.63) is 41.5 Å². The van der Waals surface area contributed by atoms with Gasteiger partial charge in [0.2, 0.25) is 0 Å². The zero-order chi connectivity index (χ0) is 20.4. The van der Waals surface area contributed by atoms with Crippen LogP contribution in [0.5, 0.6) is 0 Å². The number of fused-ring (bicyclic) bond motifs is 2. The standard InChI is InChI=1S/C25H36O2/c1-22(2,3)18-17-14-15-25(21(18)27,24(17,7)8)20(23(4,5)6)19(26)16-12-10-9-11-13-16/h9-13,17-18,26H,14-15H2,1-8H3/b20-19-. The van der Waals surface area contributed by atoms with E-state index in [-0.39, 0.29) is 22.2 Å². The van der Waals surface area contributed by atoms with Gasteiger partial charge in [-0.15, -0.1) is 0 Å². The van der Waals surface area contributed by atoms with E-state index in [1.807, 2.05) is 30.3 Å². The lowest BCUT2D eigenvalue weighted by Crippen LogP contribution is -2.44. The first kappa shape index (κ1) is 20.2. The highest BCUT2D eigenvalue weighted by Gasteiger charge is 2.72. The maximum Gasteiger partial charge on any atom is 0.147 e. The molecule has 0 aromatic heterocycles. The summed E-state index contributed by atoms with van der Waals surface area (Å²) in [5.41, 5.74) is 0.635. The van der Waals surface area contributed by atoms with E-state index in [0.29, 0.717) is 17.5 Å². The molecule has 1 N–H and O–H groups in total. The summed E-state index contributed by atoms with van der Waals surface area (Å²) in [6, 6.07) is 9.73. The fourth-order valence-corrected chi connectivity index (χ4v) is 6.35. The largest absolute Gasteiger partial charge is 0.507 e. The summed E-state index contributed by atoms with van der Waals surface area (Å²) < 4.78 is 0. The van der Waals surface area contributed by atoms with Gasteiger partial charge in [0.05, 0.1) is 5.41 Å². The molecule has 2 saturated carbocycles. The second-order valence-corrected chi connectivity index (χ2v) is 11.3. The zero-order valence-corrected chi connectivity index (χ0v) is 18.3. The van der Waals surface area contributed by atoms with Crippen molar-refractivity contribution in [1.29, 1.82) is 0 Å². The molecule has 3 unspecified atom stereocenters. The van der Waals surface area contributed by atoms with Gasteiger partial charge >= 0.3 is 0 Å². The number of benzene rings is 1. The van der Waals surface area contributed by atoms with Crippen molar-refractivity contribution in [2.24, 2.45) is 33.5 Å². The first-order valence-corrected chi connectivity index (χ1v) is 10.3. The summed E-state index contributed by atoms with van der Waals surface area (Å²) in [7, 11) is 0. The van der Waals surface area contributed by atoms with Gasteiger partial charge < -0.3 is 5.11 Å². The fourth-order valence-electron chi connectivity index (χ4n) is 6.35. The molecule has 2 aliphatic rings. The molecule has 148 valence electrons. The summed E-state index contributed by atoms with van der Waals surface area (Å²) in [5.74, 6) is 1.07. The highest BCUT2D eigenvalue weighted by Crippen LogP contribution is 2.73. The van der Waals surface area contributed by atoms with E-state index in [4.69, 9.17) is 0 Å². The molecule has 1 aromatic rings. The minimum Gasteiger partial charge on any atom is -0.507 e. The summed E-state index contributed by atoms with van der Waals surface area (Å²) in [5, 5.41) is 11.5. The predicted octanol–water partition coefficient (Wildman–Crippen LogP) is 6.67. The molecule has 0 aliphatic heterocycles. The number of aliphatic hydroxyl groups excluding tert-OH is 1. The van der Waals surface area contributed by atoms with Gasteiger partial charge in [-0.3, -0.25) is 4.79 Å². The van der Waals surface area contributed by atoms with Gasteiger partial charge in [-0.05, 0) is 40.6 Å². The maximum atomic E-state index is 14.0. The number of allylic oxidation sites excluding steroid dienone is 1. The van der Waals surface area contributed by atoms with Crippen molar-refractivity contribution in [3.8, 4) is 0 Å². The van der Waals surface area contributed by atoms with Gasteiger partial charge in [-0.1, -0.05) is 85.7 Å². The Bertz CT molecular complexity index is 771. The van der Waals surface area contributed by atoms with E-state index < -0.39 is 5.41 Å². The number of Topliss-reactive ketones (excluding diaryl/α,β-unsaturated/α-hetero) is 1. The fraction of sp³-hybridized carbons (Fsp3) is 0.640. The molecule has 2 bridgehead atoms. The van der Waals surface area contributed by atoms with Crippen LogP contribution in [0.15, 0.2) is 35.9 Å². The Labute approximate surface area is 165 Å². The average Bonchev–Trinajstić information content (AvgIpc) is 2.87. The van der Waals surface area contributed by atoms with Crippen molar-refractivity contribution in [2.75, 3.05) is 0 Å². The van der Waals surface area contributed by atoms with Gasteiger partial charge in [-0.2, -0.15) is 0 Å². The number of hydrogen-bond acceptors (Lipinski definition) is 2. The number of carbonyl (C=O) groups is 1. The Balaban J connectivity index is 2.31. The summed E-state index contributed by atoms with van der Waals surface area (Å²) in [4.78, 5) is 14.0. The molecule has 0 spiro atoms. The summed E-state index contributed by atoms with van der Waals surface area (Å²) >= 11 is 0. The smallest absolute Gasteiger partial charge is 0.147 e. The Morgan fingerprint density at radius 3 is 2.04 bits per heavy atom. The van der Waals surface area contributed by atoms with E-state index in [9.17, 15) is 9.90 Å². The molecule has 27 heavy (non-hydrogen) atoms. The monoisotopic (exact) mass is 368 g/mol. The molecule has 2 nitrogen and oxygen atoms in total. The highest BCUT2D eigenvalue weighted by molar-refractivity contribution is 5.97. The van der Waals surface area contributed by atoms with Crippen molar-refractivity contribution in [1.82, 2.24) is 0 Å². The molecule has 2 heteroatoms. The molecule has 2 fully saturated rings. The van der Waals surface area contributed by atoms with E-state index in [1.165, 1.54) is 0 Å². The average molecular weight is 369 g/mol. The third kappa shape index (κ3) is 2.70. The normalized spacial score (nSPS) is 31.2. The first-order chi connectivity index (χ1) is 12.3. The molecule has 0 saturated heterocycles. The van der Waals surface area contributed by atoms with Gasteiger partial charge in [0, 0.05) is 11.5 Å². The van der Waals surface area contributed by atoms with Crippen molar-refractivity contribution in [3.63, 3.8) is 0 Å². The first-order valence-electron chi connectivity index (χ1n) is 10.3. The molecule has 3 rings (SSSR count). The minimum atomic E-state index is -0.589. The molecule has 1 aromatic carbocycles. The number of carbonyl (C=O) groups excluding carboxylic acids is 1. The van der Waals surface area contributed by atoms with Crippen LogP contribution in [0.2, 0.25) is 0 Å². The third-order valence-corrected chi connectivity index (χ3v) is 7.36. The second-order valence-electron chi connectivity index (χ2n) is 11.3. The Kier molecular flexibility index (Phi) is 4.45. The van der Waals surface area contributed by atoms with Crippen LogP contribution in [0.1, 0.15) is 73.8 Å². The Hall–Kier alpha value is -1.57. The quantitative estimate of drug-likeness (QED) is 0.592.